The number of carbonyl (C=O) groups is 1. The van der Waals surface area contributed by atoms with Gasteiger partial charge in [0, 0.05) is 41.7 Å². The van der Waals surface area contributed by atoms with E-state index in [0.717, 1.165) is 17.1 Å². The summed E-state index contributed by atoms with van der Waals surface area (Å²) in [5.74, 6) is -0.298. The van der Waals surface area contributed by atoms with E-state index in [1.807, 2.05) is 22.9 Å². The summed E-state index contributed by atoms with van der Waals surface area (Å²) in [5.41, 5.74) is 3.22. The summed E-state index contributed by atoms with van der Waals surface area (Å²) < 4.78 is 7.20. The highest BCUT2D eigenvalue weighted by Gasteiger charge is 2.19. The van der Waals surface area contributed by atoms with Gasteiger partial charge in [0.25, 0.3) is 0 Å². The second kappa shape index (κ2) is 7.73. The Morgan fingerprint density at radius 3 is 2.61 bits per heavy atom. The number of imidazole rings is 1. The second-order valence-electron chi connectivity index (χ2n) is 7.52. The third-order valence-corrected chi connectivity index (χ3v) is 4.64. The maximum Gasteiger partial charge on any atom is 0.335 e. The van der Waals surface area contributed by atoms with E-state index < -0.39 is 5.97 Å². The van der Waals surface area contributed by atoms with Gasteiger partial charge in [0.05, 0.1) is 16.3 Å². The van der Waals surface area contributed by atoms with E-state index in [4.69, 9.17) is 26.4 Å². The summed E-state index contributed by atoms with van der Waals surface area (Å²) in [6.45, 7) is 6.64. The second-order valence-corrected chi connectivity index (χ2v) is 7.92. The van der Waals surface area contributed by atoms with Crippen molar-refractivity contribution in [2.75, 3.05) is 7.11 Å². The van der Waals surface area contributed by atoms with Crippen LogP contribution in [0.25, 0.3) is 22.6 Å². The molecular weight excluding hydrogens is 378 g/mol. The van der Waals surface area contributed by atoms with E-state index in [1.165, 1.54) is 12.1 Å². The molecule has 0 fully saturated rings. The zero-order valence-electron chi connectivity index (χ0n) is 16.2. The highest BCUT2D eigenvalue weighted by molar-refractivity contribution is 6.33. The summed E-state index contributed by atoms with van der Waals surface area (Å²) in [6, 6.07) is 8.54. The van der Waals surface area contributed by atoms with Crippen molar-refractivity contribution in [3.63, 3.8) is 0 Å². The Labute approximate surface area is 168 Å². The quantitative estimate of drug-likeness (QED) is 0.662. The molecule has 6 nitrogen and oxygen atoms in total. The Hall–Kier alpha value is -2.70. The van der Waals surface area contributed by atoms with Gasteiger partial charge < -0.3 is 14.4 Å². The molecule has 1 aromatic carbocycles. The monoisotopic (exact) mass is 399 g/mol. The SMILES string of the molecule is COCn1cc(-c2ccc(C(=O)O)cc2Cl)nc1-c1ccnc(C(C)(C)C)c1. The fraction of sp³-hybridized carbons (Fsp3) is 0.286. The molecule has 0 saturated heterocycles. The summed E-state index contributed by atoms with van der Waals surface area (Å²) in [5, 5.41) is 9.46. The summed E-state index contributed by atoms with van der Waals surface area (Å²) in [6.07, 6.45) is 3.62. The highest BCUT2D eigenvalue weighted by atomic mass is 35.5. The minimum absolute atomic E-state index is 0.0898. The number of benzene rings is 1. The van der Waals surface area contributed by atoms with Crippen LogP contribution in [0.15, 0.2) is 42.7 Å². The van der Waals surface area contributed by atoms with E-state index in [-0.39, 0.29) is 11.0 Å². The summed E-state index contributed by atoms with van der Waals surface area (Å²) in [7, 11) is 1.62. The number of aromatic carboxylic acids is 1. The highest BCUT2D eigenvalue weighted by Crippen LogP contribution is 2.32. The Balaban J connectivity index is 2.10. The van der Waals surface area contributed by atoms with Gasteiger partial charge in [-0.2, -0.15) is 0 Å². The van der Waals surface area contributed by atoms with Crippen LogP contribution < -0.4 is 0 Å². The van der Waals surface area contributed by atoms with E-state index in [0.29, 0.717) is 23.0 Å². The molecule has 0 spiro atoms. The van der Waals surface area contributed by atoms with E-state index >= 15 is 0 Å². The van der Waals surface area contributed by atoms with Crippen LogP contribution in [-0.4, -0.2) is 32.7 Å². The molecule has 0 aliphatic rings. The number of methoxy groups -OCH3 is 1. The van der Waals surface area contributed by atoms with Gasteiger partial charge in [0.1, 0.15) is 12.6 Å². The lowest BCUT2D eigenvalue weighted by Crippen LogP contribution is -2.13. The standard InChI is InChI=1S/C21H22ClN3O3/c1-21(2,3)18-10-13(7-8-23-18)19-24-17(11-25(19)12-28-4)15-6-5-14(20(26)27)9-16(15)22/h5-11H,12H2,1-4H3,(H,26,27). The zero-order valence-corrected chi connectivity index (χ0v) is 17.0. The van der Waals surface area contributed by atoms with E-state index in [9.17, 15) is 4.79 Å². The molecule has 146 valence electrons. The van der Waals surface area contributed by atoms with E-state index in [1.54, 1.807) is 19.4 Å². The van der Waals surface area contributed by atoms with Crippen LogP contribution in [0.5, 0.6) is 0 Å². The van der Waals surface area contributed by atoms with Gasteiger partial charge in [-0.3, -0.25) is 4.98 Å². The number of halogens is 1. The van der Waals surface area contributed by atoms with Gasteiger partial charge in [-0.1, -0.05) is 38.4 Å². The molecule has 1 N–H and O–H groups in total. The Morgan fingerprint density at radius 1 is 1.25 bits per heavy atom. The number of hydrogen-bond acceptors (Lipinski definition) is 4. The van der Waals surface area contributed by atoms with E-state index in [2.05, 4.69) is 25.8 Å². The molecule has 0 atom stereocenters. The van der Waals surface area contributed by atoms with Crippen molar-refractivity contribution in [2.24, 2.45) is 0 Å². The predicted octanol–water partition coefficient (Wildman–Crippen LogP) is 4.87. The number of hydrogen-bond donors (Lipinski definition) is 1. The van der Waals surface area contributed by atoms with Gasteiger partial charge in [0.15, 0.2) is 0 Å². The predicted molar refractivity (Wildman–Crippen MR) is 109 cm³/mol. The van der Waals surface area contributed by atoms with Crippen molar-refractivity contribution in [1.82, 2.24) is 14.5 Å². The fourth-order valence-corrected chi connectivity index (χ4v) is 3.13. The zero-order chi connectivity index (χ0) is 20.5. The van der Waals surface area contributed by atoms with Gasteiger partial charge in [-0.05, 0) is 24.3 Å². The molecule has 2 heterocycles. The van der Waals surface area contributed by atoms with Gasteiger partial charge in [-0.25, -0.2) is 9.78 Å². The first-order valence-electron chi connectivity index (χ1n) is 8.77. The van der Waals surface area contributed by atoms with Crippen LogP contribution in [0.3, 0.4) is 0 Å². The Bertz CT molecular complexity index is 1020. The first-order valence-corrected chi connectivity index (χ1v) is 9.14. The van der Waals surface area contributed by atoms with Crippen LogP contribution in [0, 0.1) is 0 Å². The largest absolute Gasteiger partial charge is 0.478 e. The van der Waals surface area contributed by atoms with Gasteiger partial charge in [-0.15, -0.1) is 0 Å². The summed E-state index contributed by atoms with van der Waals surface area (Å²) in [4.78, 5) is 20.4. The van der Waals surface area contributed by atoms with Crippen molar-refractivity contribution < 1.29 is 14.6 Å². The molecule has 0 aliphatic heterocycles. The molecule has 7 heteroatoms. The number of carboxylic acid groups (broad SMARTS) is 1. The number of rotatable bonds is 5. The van der Waals surface area contributed by atoms with Gasteiger partial charge >= 0.3 is 5.97 Å². The number of aromatic nitrogens is 3. The molecular formula is C21H22ClN3O3. The average molecular weight is 400 g/mol. The topological polar surface area (TPSA) is 77.2 Å². The van der Waals surface area contributed by atoms with Crippen LogP contribution in [0.1, 0.15) is 36.8 Å². The lowest BCUT2D eigenvalue weighted by Gasteiger charge is -2.18. The maximum absolute atomic E-state index is 11.1. The third-order valence-electron chi connectivity index (χ3n) is 4.32. The fourth-order valence-electron chi connectivity index (χ4n) is 2.85. The number of carboxylic acids is 1. The smallest absolute Gasteiger partial charge is 0.335 e. The van der Waals surface area contributed by atoms with Crippen molar-refractivity contribution in [3.05, 3.63) is 59.0 Å². The lowest BCUT2D eigenvalue weighted by molar-refractivity contribution is 0.0697. The lowest BCUT2D eigenvalue weighted by atomic mass is 9.91. The first kappa shape index (κ1) is 20.0. The molecule has 0 radical (unpaired) electrons. The normalized spacial score (nSPS) is 11.6. The number of pyridine rings is 1. The molecule has 3 rings (SSSR count). The van der Waals surface area contributed by atoms with Crippen LogP contribution >= 0.6 is 11.6 Å². The molecule has 0 unspecified atom stereocenters. The minimum Gasteiger partial charge on any atom is -0.478 e. The van der Waals surface area contributed by atoms with Crippen molar-refractivity contribution in [3.8, 4) is 22.6 Å². The molecule has 0 aliphatic carbocycles. The van der Waals surface area contributed by atoms with Crippen LogP contribution in [-0.2, 0) is 16.9 Å². The average Bonchev–Trinajstić information content (AvgIpc) is 3.05. The molecule has 3 aromatic rings. The minimum atomic E-state index is -1.02. The Morgan fingerprint density at radius 2 is 2.00 bits per heavy atom. The molecule has 28 heavy (non-hydrogen) atoms. The number of ether oxygens (including phenoxy) is 1. The number of nitrogens with zero attached hydrogens (tertiary/aromatic N) is 3. The van der Waals surface area contributed by atoms with Crippen molar-refractivity contribution in [1.29, 1.82) is 0 Å². The molecule has 0 bridgehead atoms. The molecule has 0 amide bonds. The maximum atomic E-state index is 11.1. The molecule has 0 saturated carbocycles. The van der Waals surface area contributed by atoms with Gasteiger partial charge in [0.2, 0.25) is 0 Å². The molecule has 2 aromatic heterocycles. The van der Waals surface area contributed by atoms with Crippen molar-refractivity contribution in [2.45, 2.75) is 32.9 Å². The summed E-state index contributed by atoms with van der Waals surface area (Å²) >= 11 is 6.32. The third kappa shape index (κ3) is 4.08. The Kier molecular flexibility index (Phi) is 5.54. The first-order chi connectivity index (χ1) is 13.2. The van der Waals surface area contributed by atoms with Crippen molar-refractivity contribution >= 4 is 17.6 Å². The van der Waals surface area contributed by atoms with Crippen LogP contribution in [0.4, 0.5) is 0 Å². The van der Waals surface area contributed by atoms with Crippen LogP contribution in [0.2, 0.25) is 5.02 Å².